The zero-order valence-electron chi connectivity index (χ0n) is 11.8. The lowest BCUT2D eigenvalue weighted by Crippen LogP contribution is -2.38. The molecule has 5 nitrogen and oxygen atoms in total. The van der Waals surface area contributed by atoms with Gasteiger partial charge in [0, 0.05) is 11.6 Å². The van der Waals surface area contributed by atoms with E-state index in [1.165, 1.54) is 20.3 Å². The Hall–Kier alpha value is -1.91. The van der Waals surface area contributed by atoms with E-state index in [9.17, 15) is 15.0 Å². The third kappa shape index (κ3) is 2.28. The lowest BCUT2D eigenvalue weighted by molar-refractivity contribution is -0.145. The first-order valence-corrected chi connectivity index (χ1v) is 6.74. The molecular formula is C15H20O5. The molecule has 20 heavy (non-hydrogen) atoms. The molecule has 0 spiro atoms. The van der Waals surface area contributed by atoms with Crippen molar-refractivity contribution in [1.29, 1.82) is 0 Å². The van der Waals surface area contributed by atoms with Crippen LogP contribution in [-0.4, -0.2) is 30.4 Å². The fourth-order valence-electron chi connectivity index (χ4n) is 3.01. The number of methoxy groups -OCH3 is 2. The van der Waals surface area contributed by atoms with Gasteiger partial charge in [-0.25, -0.2) is 0 Å². The fraction of sp³-hybridized carbons (Fsp3) is 0.533. The van der Waals surface area contributed by atoms with E-state index in [0.717, 1.165) is 19.3 Å². The highest BCUT2D eigenvalue weighted by atomic mass is 16.5. The first kappa shape index (κ1) is 14.5. The molecule has 1 aliphatic carbocycles. The van der Waals surface area contributed by atoms with Crippen molar-refractivity contribution in [1.82, 2.24) is 0 Å². The van der Waals surface area contributed by atoms with Crippen molar-refractivity contribution < 1.29 is 24.5 Å². The standard InChI is InChI=1S/C15H20O5/c1-19-12-9-11(16)13(20-2)8-10(12)15(14(17)18)6-4-3-5-7-15/h8-9,16H,3-7H2,1-2H3,(H,17,18). The minimum Gasteiger partial charge on any atom is -0.504 e. The molecule has 2 rings (SSSR count). The second kappa shape index (κ2) is 5.61. The Bertz CT molecular complexity index is 503. The maximum atomic E-state index is 11.9. The third-order valence-electron chi connectivity index (χ3n) is 4.13. The van der Waals surface area contributed by atoms with Crippen LogP contribution in [0.3, 0.4) is 0 Å². The predicted octanol–water partition coefficient (Wildman–Crippen LogP) is 2.70. The van der Waals surface area contributed by atoms with Crippen molar-refractivity contribution >= 4 is 5.97 Å². The summed E-state index contributed by atoms with van der Waals surface area (Å²) in [6.07, 6.45) is 3.95. The number of carbonyl (C=O) groups is 1. The van der Waals surface area contributed by atoms with Crippen LogP contribution in [-0.2, 0) is 10.2 Å². The Morgan fingerprint density at radius 1 is 1.10 bits per heavy atom. The Labute approximate surface area is 118 Å². The second-order valence-electron chi connectivity index (χ2n) is 5.17. The molecule has 0 radical (unpaired) electrons. The van der Waals surface area contributed by atoms with Crippen LogP contribution >= 0.6 is 0 Å². The van der Waals surface area contributed by atoms with E-state index < -0.39 is 11.4 Å². The lowest BCUT2D eigenvalue weighted by atomic mass is 9.69. The molecule has 1 saturated carbocycles. The highest BCUT2D eigenvalue weighted by molar-refractivity contribution is 5.83. The molecule has 1 aromatic carbocycles. The quantitative estimate of drug-likeness (QED) is 0.886. The molecule has 0 unspecified atom stereocenters. The molecule has 0 heterocycles. The van der Waals surface area contributed by atoms with Gasteiger partial charge in [0.25, 0.3) is 0 Å². The number of ether oxygens (including phenoxy) is 2. The van der Waals surface area contributed by atoms with Crippen molar-refractivity contribution in [2.45, 2.75) is 37.5 Å². The Morgan fingerprint density at radius 2 is 1.70 bits per heavy atom. The van der Waals surface area contributed by atoms with Crippen LogP contribution in [0, 0.1) is 0 Å². The largest absolute Gasteiger partial charge is 0.504 e. The van der Waals surface area contributed by atoms with Gasteiger partial charge in [-0.05, 0) is 18.9 Å². The van der Waals surface area contributed by atoms with Gasteiger partial charge < -0.3 is 19.7 Å². The van der Waals surface area contributed by atoms with Crippen molar-refractivity contribution in [2.24, 2.45) is 0 Å². The molecule has 1 aromatic rings. The molecule has 0 aliphatic heterocycles. The van der Waals surface area contributed by atoms with E-state index in [4.69, 9.17) is 9.47 Å². The van der Waals surface area contributed by atoms with E-state index in [1.807, 2.05) is 0 Å². The number of benzene rings is 1. The summed E-state index contributed by atoms with van der Waals surface area (Å²) in [5.74, 6) is -0.229. The van der Waals surface area contributed by atoms with E-state index >= 15 is 0 Å². The van der Waals surface area contributed by atoms with Gasteiger partial charge in [-0.15, -0.1) is 0 Å². The number of aliphatic carboxylic acids is 1. The highest BCUT2D eigenvalue weighted by Gasteiger charge is 2.43. The average molecular weight is 280 g/mol. The fourth-order valence-corrected chi connectivity index (χ4v) is 3.01. The normalized spacial score (nSPS) is 17.5. The monoisotopic (exact) mass is 280 g/mol. The van der Waals surface area contributed by atoms with E-state index in [1.54, 1.807) is 6.07 Å². The smallest absolute Gasteiger partial charge is 0.314 e. The van der Waals surface area contributed by atoms with E-state index in [0.29, 0.717) is 24.2 Å². The number of hydrogen-bond donors (Lipinski definition) is 2. The topological polar surface area (TPSA) is 76.0 Å². The zero-order valence-corrected chi connectivity index (χ0v) is 11.8. The number of phenols is 1. The molecule has 0 bridgehead atoms. The van der Waals surface area contributed by atoms with Crippen molar-refractivity contribution in [3.05, 3.63) is 17.7 Å². The van der Waals surface area contributed by atoms with Gasteiger partial charge in [0.2, 0.25) is 0 Å². The van der Waals surface area contributed by atoms with Crippen LogP contribution in [0.5, 0.6) is 17.2 Å². The number of rotatable bonds is 4. The van der Waals surface area contributed by atoms with Crippen LogP contribution in [0.25, 0.3) is 0 Å². The van der Waals surface area contributed by atoms with Crippen LogP contribution in [0.4, 0.5) is 0 Å². The molecular weight excluding hydrogens is 260 g/mol. The minimum absolute atomic E-state index is 0.0514. The first-order chi connectivity index (χ1) is 9.55. The maximum Gasteiger partial charge on any atom is 0.314 e. The van der Waals surface area contributed by atoms with E-state index in [2.05, 4.69) is 0 Å². The first-order valence-electron chi connectivity index (χ1n) is 6.74. The molecule has 5 heteroatoms. The molecule has 0 saturated heterocycles. The number of aromatic hydroxyl groups is 1. The Kier molecular flexibility index (Phi) is 4.06. The summed E-state index contributed by atoms with van der Waals surface area (Å²) in [4.78, 5) is 11.9. The molecule has 1 aliphatic rings. The van der Waals surface area contributed by atoms with Gasteiger partial charge in [-0.3, -0.25) is 4.79 Å². The molecule has 110 valence electrons. The Balaban J connectivity index is 2.60. The van der Waals surface area contributed by atoms with Crippen molar-refractivity contribution in [3.8, 4) is 17.2 Å². The maximum absolute atomic E-state index is 11.9. The van der Waals surface area contributed by atoms with Crippen LogP contribution in [0.1, 0.15) is 37.7 Å². The van der Waals surface area contributed by atoms with Gasteiger partial charge in [0.1, 0.15) is 5.75 Å². The van der Waals surface area contributed by atoms with Gasteiger partial charge in [0.15, 0.2) is 11.5 Å². The summed E-state index contributed by atoms with van der Waals surface area (Å²) in [6.45, 7) is 0. The molecule has 0 atom stereocenters. The van der Waals surface area contributed by atoms with Gasteiger partial charge in [-0.2, -0.15) is 0 Å². The van der Waals surface area contributed by atoms with E-state index in [-0.39, 0.29) is 11.5 Å². The summed E-state index contributed by atoms with van der Waals surface area (Å²) in [5, 5.41) is 19.6. The summed E-state index contributed by atoms with van der Waals surface area (Å²) in [5.41, 5.74) is -0.369. The SMILES string of the molecule is COc1cc(C2(C(=O)O)CCCCC2)c(OC)cc1O. The molecule has 0 aromatic heterocycles. The number of hydrogen-bond acceptors (Lipinski definition) is 4. The predicted molar refractivity (Wildman–Crippen MR) is 73.6 cm³/mol. The van der Waals surface area contributed by atoms with Crippen molar-refractivity contribution in [3.63, 3.8) is 0 Å². The lowest BCUT2D eigenvalue weighted by Gasteiger charge is -2.34. The summed E-state index contributed by atoms with van der Waals surface area (Å²) < 4.78 is 10.4. The molecule has 1 fully saturated rings. The number of carboxylic acid groups (broad SMARTS) is 1. The van der Waals surface area contributed by atoms with Gasteiger partial charge >= 0.3 is 5.97 Å². The van der Waals surface area contributed by atoms with Crippen LogP contribution in [0.15, 0.2) is 12.1 Å². The summed E-state index contributed by atoms with van der Waals surface area (Å²) >= 11 is 0. The minimum atomic E-state index is -0.954. The average Bonchev–Trinajstić information content (AvgIpc) is 2.47. The number of carboxylic acids is 1. The van der Waals surface area contributed by atoms with Crippen molar-refractivity contribution in [2.75, 3.05) is 14.2 Å². The van der Waals surface area contributed by atoms with Gasteiger partial charge in [0.05, 0.1) is 19.6 Å². The second-order valence-corrected chi connectivity index (χ2v) is 5.17. The summed E-state index contributed by atoms with van der Waals surface area (Å²) in [6, 6.07) is 3.01. The summed E-state index contributed by atoms with van der Waals surface area (Å²) in [7, 11) is 2.92. The molecule has 2 N–H and O–H groups in total. The van der Waals surface area contributed by atoms with Gasteiger partial charge in [-0.1, -0.05) is 19.3 Å². The number of phenolic OH excluding ortho intramolecular Hbond substituents is 1. The van der Waals surface area contributed by atoms with Crippen LogP contribution < -0.4 is 9.47 Å². The molecule has 0 amide bonds. The zero-order chi connectivity index (χ0) is 14.8. The van der Waals surface area contributed by atoms with Crippen LogP contribution in [0.2, 0.25) is 0 Å². The Morgan fingerprint density at radius 3 is 2.20 bits per heavy atom. The third-order valence-corrected chi connectivity index (χ3v) is 4.13. The highest BCUT2D eigenvalue weighted by Crippen LogP contribution is 2.46.